The summed E-state index contributed by atoms with van der Waals surface area (Å²) in [6, 6.07) is 14.0. The van der Waals surface area contributed by atoms with Crippen molar-refractivity contribution in [2.75, 3.05) is 26.8 Å². The van der Waals surface area contributed by atoms with Gasteiger partial charge in [-0.1, -0.05) is 31.0 Å². The Morgan fingerprint density at radius 3 is 2.74 bits per heavy atom. The Hall–Kier alpha value is -2.60. The number of hydrogen-bond acceptors (Lipinski definition) is 4. The van der Waals surface area contributed by atoms with Gasteiger partial charge in [-0.15, -0.1) is 0 Å². The Morgan fingerprint density at radius 2 is 2.00 bits per heavy atom. The summed E-state index contributed by atoms with van der Waals surface area (Å²) in [5.41, 5.74) is 2.39. The van der Waals surface area contributed by atoms with Crippen LogP contribution < -0.4 is 15.4 Å². The number of pyridine rings is 1. The summed E-state index contributed by atoms with van der Waals surface area (Å²) in [5, 5.41) is 6.99. The minimum absolute atomic E-state index is 0.325. The lowest BCUT2D eigenvalue weighted by Gasteiger charge is -2.30. The standard InChI is InChI=1S/C25H36N4O2/c1-3-30-16-14-25(12-5-6-13-25)20-29-24(26-2)28-18-21-9-8-11-23(17-21)31-19-22-10-4-7-15-27-22/h4,7-11,15,17H,3,5-6,12-14,16,18-20H2,1-2H3,(H2,26,28,29). The lowest BCUT2D eigenvalue weighted by atomic mass is 9.83. The van der Waals surface area contributed by atoms with Crippen molar-refractivity contribution in [2.24, 2.45) is 10.4 Å². The molecule has 168 valence electrons. The van der Waals surface area contributed by atoms with Crippen molar-refractivity contribution < 1.29 is 9.47 Å². The fourth-order valence-corrected chi connectivity index (χ4v) is 4.14. The fourth-order valence-electron chi connectivity index (χ4n) is 4.14. The first kappa shape index (κ1) is 23.1. The molecule has 0 saturated heterocycles. The average molecular weight is 425 g/mol. The average Bonchev–Trinajstić information content (AvgIpc) is 3.28. The number of nitrogens with zero attached hydrogens (tertiary/aromatic N) is 2. The van der Waals surface area contributed by atoms with Gasteiger partial charge in [0, 0.05) is 39.5 Å². The molecule has 31 heavy (non-hydrogen) atoms. The van der Waals surface area contributed by atoms with Gasteiger partial charge in [-0.25, -0.2) is 0 Å². The molecule has 1 aliphatic carbocycles. The molecule has 2 aromatic rings. The van der Waals surface area contributed by atoms with Crippen LogP contribution in [0, 0.1) is 5.41 Å². The van der Waals surface area contributed by atoms with Gasteiger partial charge >= 0.3 is 0 Å². The monoisotopic (exact) mass is 424 g/mol. The van der Waals surface area contributed by atoms with E-state index in [1.807, 2.05) is 37.4 Å². The molecule has 2 N–H and O–H groups in total. The SMILES string of the molecule is CCOCCC1(CNC(=NC)NCc2cccc(OCc3ccccn3)c2)CCCC1. The van der Waals surface area contributed by atoms with Crippen LogP contribution >= 0.6 is 0 Å². The lowest BCUT2D eigenvalue weighted by molar-refractivity contribution is 0.105. The smallest absolute Gasteiger partial charge is 0.191 e. The van der Waals surface area contributed by atoms with Crippen LogP contribution in [0.25, 0.3) is 0 Å². The molecule has 0 aliphatic heterocycles. The molecule has 3 rings (SSSR count). The normalized spacial score (nSPS) is 15.6. The van der Waals surface area contributed by atoms with Gasteiger partial charge in [0.2, 0.25) is 0 Å². The summed E-state index contributed by atoms with van der Waals surface area (Å²) in [4.78, 5) is 8.71. The molecule has 1 saturated carbocycles. The Balaban J connectivity index is 1.47. The molecule has 1 aromatic heterocycles. The summed E-state index contributed by atoms with van der Waals surface area (Å²) in [6.07, 6.45) is 8.04. The van der Waals surface area contributed by atoms with Gasteiger partial charge in [-0.3, -0.25) is 9.98 Å². The van der Waals surface area contributed by atoms with Crippen LogP contribution in [-0.2, 0) is 17.9 Å². The van der Waals surface area contributed by atoms with Crippen molar-refractivity contribution >= 4 is 5.96 Å². The zero-order valence-corrected chi connectivity index (χ0v) is 18.9. The van der Waals surface area contributed by atoms with E-state index in [4.69, 9.17) is 9.47 Å². The van der Waals surface area contributed by atoms with E-state index in [0.29, 0.717) is 18.6 Å². The van der Waals surface area contributed by atoms with Gasteiger partial charge in [-0.05, 0) is 61.4 Å². The predicted octanol–water partition coefficient (Wildman–Crippen LogP) is 4.31. The topological polar surface area (TPSA) is 67.8 Å². The zero-order chi connectivity index (χ0) is 21.8. The van der Waals surface area contributed by atoms with E-state index in [1.54, 1.807) is 6.20 Å². The zero-order valence-electron chi connectivity index (χ0n) is 18.9. The Kier molecular flexibility index (Phi) is 9.16. The lowest BCUT2D eigenvalue weighted by Crippen LogP contribution is -2.43. The number of ether oxygens (including phenoxy) is 2. The van der Waals surface area contributed by atoms with E-state index in [2.05, 4.69) is 39.7 Å². The van der Waals surface area contributed by atoms with Crippen molar-refractivity contribution in [3.05, 3.63) is 59.9 Å². The fraction of sp³-hybridized carbons (Fsp3) is 0.520. The van der Waals surface area contributed by atoms with Gasteiger partial charge in [-0.2, -0.15) is 0 Å². The van der Waals surface area contributed by atoms with E-state index >= 15 is 0 Å². The highest BCUT2D eigenvalue weighted by atomic mass is 16.5. The molecule has 1 aliphatic rings. The number of aromatic nitrogens is 1. The third-order valence-electron chi connectivity index (χ3n) is 5.97. The van der Waals surface area contributed by atoms with Gasteiger partial charge in [0.25, 0.3) is 0 Å². The summed E-state index contributed by atoms with van der Waals surface area (Å²) >= 11 is 0. The molecular weight excluding hydrogens is 388 g/mol. The van der Waals surface area contributed by atoms with Crippen LogP contribution in [0.4, 0.5) is 0 Å². The summed E-state index contributed by atoms with van der Waals surface area (Å²) in [7, 11) is 1.82. The second-order valence-corrected chi connectivity index (χ2v) is 8.19. The largest absolute Gasteiger partial charge is 0.487 e. The van der Waals surface area contributed by atoms with Gasteiger partial charge < -0.3 is 20.1 Å². The maximum atomic E-state index is 5.89. The van der Waals surface area contributed by atoms with Crippen molar-refractivity contribution in [3.63, 3.8) is 0 Å². The van der Waals surface area contributed by atoms with Crippen molar-refractivity contribution in [3.8, 4) is 5.75 Å². The molecule has 1 fully saturated rings. The Bertz CT molecular complexity index is 804. The van der Waals surface area contributed by atoms with Crippen molar-refractivity contribution in [1.82, 2.24) is 15.6 Å². The molecule has 0 atom stereocenters. The number of nitrogens with one attached hydrogen (secondary N) is 2. The highest BCUT2D eigenvalue weighted by molar-refractivity contribution is 5.79. The van der Waals surface area contributed by atoms with Crippen molar-refractivity contribution in [1.29, 1.82) is 0 Å². The van der Waals surface area contributed by atoms with E-state index in [-0.39, 0.29) is 0 Å². The second kappa shape index (κ2) is 12.3. The van der Waals surface area contributed by atoms with E-state index < -0.39 is 0 Å². The molecule has 0 amide bonds. The first-order chi connectivity index (χ1) is 15.2. The third-order valence-corrected chi connectivity index (χ3v) is 5.97. The van der Waals surface area contributed by atoms with Crippen LogP contribution in [0.15, 0.2) is 53.7 Å². The molecule has 0 unspecified atom stereocenters. The molecule has 1 aromatic carbocycles. The third kappa shape index (κ3) is 7.55. The molecule has 0 bridgehead atoms. The molecule has 6 heteroatoms. The number of rotatable bonds is 11. The minimum atomic E-state index is 0.325. The quantitative estimate of drug-likeness (QED) is 0.320. The highest BCUT2D eigenvalue weighted by Crippen LogP contribution is 2.40. The second-order valence-electron chi connectivity index (χ2n) is 8.19. The van der Waals surface area contributed by atoms with Crippen LogP contribution in [0.3, 0.4) is 0 Å². The van der Waals surface area contributed by atoms with Crippen LogP contribution in [0.1, 0.15) is 50.3 Å². The number of benzene rings is 1. The summed E-state index contributed by atoms with van der Waals surface area (Å²) < 4.78 is 11.5. The van der Waals surface area contributed by atoms with E-state index in [1.165, 1.54) is 25.7 Å². The molecule has 6 nitrogen and oxygen atoms in total. The van der Waals surface area contributed by atoms with Gasteiger partial charge in [0.1, 0.15) is 12.4 Å². The van der Waals surface area contributed by atoms with Gasteiger partial charge in [0.15, 0.2) is 5.96 Å². The van der Waals surface area contributed by atoms with Crippen molar-refractivity contribution in [2.45, 2.75) is 52.2 Å². The first-order valence-electron chi connectivity index (χ1n) is 11.4. The highest BCUT2D eigenvalue weighted by Gasteiger charge is 2.33. The number of hydrogen-bond donors (Lipinski definition) is 2. The molecule has 0 spiro atoms. The first-order valence-corrected chi connectivity index (χ1v) is 11.4. The van der Waals surface area contributed by atoms with Crippen LogP contribution in [0.5, 0.6) is 5.75 Å². The Morgan fingerprint density at radius 1 is 1.13 bits per heavy atom. The van der Waals surface area contributed by atoms with E-state index in [0.717, 1.165) is 49.1 Å². The Labute approximate surface area is 186 Å². The molecule has 1 heterocycles. The number of aliphatic imine (C=N–C) groups is 1. The van der Waals surface area contributed by atoms with Gasteiger partial charge in [0.05, 0.1) is 5.69 Å². The molecular formula is C25H36N4O2. The number of guanidine groups is 1. The molecule has 0 radical (unpaired) electrons. The van der Waals surface area contributed by atoms with Crippen LogP contribution in [-0.4, -0.2) is 37.7 Å². The summed E-state index contributed by atoms with van der Waals surface area (Å²) in [6.45, 7) is 5.78. The summed E-state index contributed by atoms with van der Waals surface area (Å²) in [5.74, 6) is 1.68. The van der Waals surface area contributed by atoms with Crippen LogP contribution in [0.2, 0.25) is 0 Å². The predicted molar refractivity (Wildman–Crippen MR) is 125 cm³/mol. The maximum absolute atomic E-state index is 5.89. The maximum Gasteiger partial charge on any atom is 0.191 e. The minimum Gasteiger partial charge on any atom is -0.487 e. The van der Waals surface area contributed by atoms with E-state index in [9.17, 15) is 0 Å².